The summed E-state index contributed by atoms with van der Waals surface area (Å²) in [7, 11) is 0.896. The summed E-state index contributed by atoms with van der Waals surface area (Å²) in [4.78, 5) is 20.9. The Labute approximate surface area is 168 Å². The average molecular weight is 440 g/mol. The van der Waals surface area contributed by atoms with Gasteiger partial charge in [-0.1, -0.05) is 0 Å². The maximum Gasteiger partial charge on any atom is 0.335 e. The molecule has 0 aliphatic carbocycles. The lowest BCUT2D eigenvalue weighted by Gasteiger charge is -2.11. The predicted molar refractivity (Wildman–Crippen MR) is 97.1 cm³/mol. The van der Waals surface area contributed by atoms with Gasteiger partial charge in [-0.15, -0.1) is 10.2 Å². The number of methoxy groups -OCH3 is 2. The van der Waals surface area contributed by atoms with Crippen LogP contribution in [0.1, 0.15) is 0 Å². The number of hydrogen-bond acceptors (Lipinski definition) is 12. The minimum absolute atomic E-state index is 0.00252. The highest BCUT2D eigenvalue weighted by atomic mass is 32.2. The molecule has 0 aromatic carbocycles. The standard InChI is InChI=1S/C13H16N10O6S/c1-22-11(6(5-14-22)8-18-21-23(2)19-8)30(26,27)20-13(25)17-12-15-9(28-3)7(24)10(16-12)29-4/h5,24H,1-4H3,(H2,15,16,17,20,25). The van der Waals surface area contributed by atoms with Gasteiger partial charge in [0.05, 0.1) is 33.0 Å². The average Bonchev–Trinajstić information content (AvgIpc) is 3.28. The zero-order chi connectivity index (χ0) is 22.1. The number of carbonyl (C=O) groups is 1. The first-order valence-corrected chi connectivity index (χ1v) is 9.43. The number of aryl methyl sites for hydroxylation is 2. The Morgan fingerprint density at radius 3 is 2.33 bits per heavy atom. The Morgan fingerprint density at radius 2 is 1.80 bits per heavy atom. The number of carbonyl (C=O) groups excluding carboxylic acids is 1. The van der Waals surface area contributed by atoms with E-state index in [1.807, 2.05) is 4.72 Å². The Hall–Kier alpha value is -4.02. The number of hydrogen-bond donors (Lipinski definition) is 3. The van der Waals surface area contributed by atoms with Gasteiger partial charge < -0.3 is 14.6 Å². The molecule has 160 valence electrons. The van der Waals surface area contributed by atoms with Crippen molar-refractivity contribution in [2.24, 2.45) is 14.1 Å². The minimum Gasteiger partial charge on any atom is -0.499 e. The quantitative estimate of drug-likeness (QED) is 0.407. The lowest BCUT2D eigenvalue weighted by Crippen LogP contribution is -2.36. The van der Waals surface area contributed by atoms with E-state index in [1.165, 1.54) is 34.5 Å². The molecule has 0 unspecified atom stereocenters. The highest BCUT2D eigenvalue weighted by Crippen LogP contribution is 2.33. The topological polar surface area (TPSA) is 201 Å². The second-order valence-corrected chi connectivity index (χ2v) is 7.16. The molecule has 0 aliphatic rings. The lowest BCUT2D eigenvalue weighted by molar-refractivity contribution is 0.256. The van der Waals surface area contributed by atoms with Crippen LogP contribution in [0.3, 0.4) is 0 Å². The van der Waals surface area contributed by atoms with E-state index in [0.717, 1.165) is 9.48 Å². The monoisotopic (exact) mass is 440 g/mol. The fourth-order valence-electron chi connectivity index (χ4n) is 2.34. The van der Waals surface area contributed by atoms with Crippen molar-refractivity contribution in [2.45, 2.75) is 5.03 Å². The molecule has 0 saturated carbocycles. The minimum atomic E-state index is -4.42. The number of anilines is 1. The molecule has 3 aromatic heterocycles. The molecule has 3 rings (SSSR count). The van der Waals surface area contributed by atoms with Gasteiger partial charge in [-0.05, 0) is 5.21 Å². The van der Waals surface area contributed by atoms with Crippen molar-refractivity contribution < 1.29 is 27.8 Å². The van der Waals surface area contributed by atoms with Crippen molar-refractivity contribution in [3.8, 4) is 28.9 Å². The number of amides is 2. The summed E-state index contributed by atoms with van der Waals surface area (Å²) in [5.74, 6) is -1.45. The third-order valence-corrected chi connectivity index (χ3v) is 4.99. The van der Waals surface area contributed by atoms with Crippen LogP contribution in [-0.2, 0) is 24.1 Å². The summed E-state index contributed by atoms with van der Waals surface area (Å²) in [6, 6.07) is -1.19. The van der Waals surface area contributed by atoms with Crippen molar-refractivity contribution >= 4 is 22.0 Å². The van der Waals surface area contributed by atoms with Gasteiger partial charge in [0.2, 0.25) is 17.5 Å². The third-order valence-electron chi connectivity index (χ3n) is 3.55. The van der Waals surface area contributed by atoms with Gasteiger partial charge in [0, 0.05) is 7.05 Å². The maximum atomic E-state index is 12.8. The van der Waals surface area contributed by atoms with Crippen LogP contribution < -0.4 is 19.5 Å². The zero-order valence-corrected chi connectivity index (χ0v) is 16.9. The molecule has 3 heterocycles. The van der Waals surface area contributed by atoms with Crippen LogP contribution in [0.2, 0.25) is 0 Å². The fourth-order valence-corrected chi connectivity index (χ4v) is 3.56. The van der Waals surface area contributed by atoms with Crippen molar-refractivity contribution in [2.75, 3.05) is 19.5 Å². The van der Waals surface area contributed by atoms with Crippen molar-refractivity contribution in [1.29, 1.82) is 0 Å². The van der Waals surface area contributed by atoms with Gasteiger partial charge in [0.15, 0.2) is 5.03 Å². The second kappa shape index (κ2) is 7.78. The van der Waals surface area contributed by atoms with E-state index < -0.39 is 21.8 Å². The van der Waals surface area contributed by atoms with Gasteiger partial charge in [-0.2, -0.15) is 28.3 Å². The summed E-state index contributed by atoms with van der Waals surface area (Å²) in [5, 5.41) is 26.8. The van der Waals surface area contributed by atoms with Crippen LogP contribution in [0.15, 0.2) is 11.2 Å². The van der Waals surface area contributed by atoms with Gasteiger partial charge in [-0.3, -0.25) is 10.00 Å². The van der Waals surface area contributed by atoms with Crippen LogP contribution in [-0.4, -0.2) is 73.7 Å². The number of nitrogens with one attached hydrogen (secondary N) is 2. The summed E-state index contributed by atoms with van der Waals surface area (Å²) in [6.07, 6.45) is 1.22. The molecule has 0 bridgehead atoms. The van der Waals surface area contributed by atoms with E-state index in [1.54, 1.807) is 0 Å². The van der Waals surface area contributed by atoms with Crippen LogP contribution in [0.4, 0.5) is 10.7 Å². The Kier molecular flexibility index (Phi) is 5.37. The first-order chi connectivity index (χ1) is 14.2. The zero-order valence-electron chi connectivity index (χ0n) is 16.1. The number of nitrogens with zero attached hydrogens (tertiary/aromatic N) is 8. The van der Waals surface area contributed by atoms with Crippen LogP contribution >= 0.6 is 0 Å². The van der Waals surface area contributed by atoms with Crippen molar-refractivity contribution in [3.05, 3.63) is 6.20 Å². The fraction of sp³-hybridized carbons (Fsp3) is 0.308. The molecular weight excluding hydrogens is 424 g/mol. The number of urea groups is 1. The van der Waals surface area contributed by atoms with E-state index in [2.05, 4.69) is 35.8 Å². The molecule has 17 heteroatoms. The third kappa shape index (κ3) is 3.90. The number of aromatic nitrogens is 8. The summed E-state index contributed by atoms with van der Waals surface area (Å²) >= 11 is 0. The number of rotatable bonds is 6. The highest BCUT2D eigenvalue weighted by molar-refractivity contribution is 7.90. The number of ether oxygens (including phenoxy) is 2. The molecule has 0 spiro atoms. The normalized spacial score (nSPS) is 11.2. The van der Waals surface area contributed by atoms with Crippen LogP contribution in [0.25, 0.3) is 11.4 Å². The van der Waals surface area contributed by atoms with Gasteiger partial charge in [0.25, 0.3) is 21.8 Å². The molecule has 16 nitrogen and oxygen atoms in total. The van der Waals surface area contributed by atoms with E-state index in [4.69, 9.17) is 9.47 Å². The van der Waals surface area contributed by atoms with Crippen LogP contribution in [0.5, 0.6) is 17.5 Å². The smallest absolute Gasteiger partial charge is 0.335 e. The summed E-state index contributed by atoms with van der Waals surface area (Å²) in [5.41, 5.74) is 0.0371. The summed E-state index contributed by atoms with van der Waals surface area (Å²) < 4.78 is 38.1. The largest absolute Gasteiger partial charge is 0.499 e. The van der Waals surface area contributed by atoms with Crippen molar-refractivity contribution in [3.63, 3.8) is 0 Å². The highest BCUT2D eigenvalue weighted by Gasteiger charge is 2.29. The van der Waals surface area contributed by atoms with Crippen LogP contribution in [0, 0.1) is 0 Å². The summed E-state index contributed by atoms with van der Waals surface area (Å²) in [6.45, 7) is 0. The van der Waals surface area contributed by atoms with Gasteiger partial charge in [-0.25, -0.2) is 9.52 Å². The number of aromatic hydroxyl groups is 1. The molecule has 0 fully saturated rings. The molecule has 0 aliphatic heterocycles. The molecule has 3 aromatic rings. The Balaban J connectivity index is 1.87. The molecule has 30 heavy (non-hydrogen) atoms. The first kappa shape index (κ1) is 20.7. The first-order valence-electron chi connectivity index (χ1n) is 7.95. The molecule has 2 amide bonds. The molecule has 0 radical (unpaired) electrons. The predicted octanol–water partition coefficient (Wildman–Crippen LogP) is -1.37. The van der Waals surface area contributed by atoms with Crippen molar-refractivity contribution in [1.82, 2.24) is 44.7 Å². The number of sulfonamides is 1. The second-order valence-electron chi connectivity index (χ2n) is 5.56. The van der Waals surface area contributed by atoms with E-state index in [0.29, 0.717) is 0 Å². The number of tetrazole rings is 1. The van der Waals surface area contributed by atoms with Gasteiger partial charge in [0.1, 0.15) is 0 Å². The van der Waals surface area contributed by atoms with Gasteiger partial charge >= 0.3 is 6.03 Å². The molecular formula is C13H16N10O6S. The Bertz CT molecular complexity index is 1180. The molecule has 0 atom stereocenters. The lowest BCUT2D eigenvalue weighted by atomic mass is 10.3. The molecule has 0 saturated heterocycles. The van der Waals surface area contributed by atoms with E-state index >= 15 is 0 Å². The molecule has 3 N–H and O–H groups in total. The van der Waals surface area contributed by atoms with E-state index in [-0.39, 0.29) is 34.1 Å². The SMILES string of the molecule is COc1nc(NC(=O)NS(=O)(=O)c2c(-c3nnn(C)n3)cnn2C)nc(OC)c1O. The maximum absolute atomic E-state index is 12.8. The van der Waals surface area contributed by atoms with E-state index in [9.17, 15) is 18.3 Å². The Morgan fingerprint density at radius 1 is 1.17 bits per heavy atom.